The minimum absolute atomic E-state index is 0.0230. The lowest BCUT2D eigenvalue weighted by Gasteiger charge is -2.07. The van der Waals surface area contributed by atoms with Crippen LogP contribution in [0.1, 0.15) is 29.8 Å². The molecule has 0 aliphatic heterocycles. The second-order valence-electron chi connectivity index (χ2n) is 5.11. The molecular formula is C14H14Cl2N2O2S2. The van der Waals surface area contributed by atoms with Gasteiger partial charge in [-0.2, -0.15) is 0 Å². The number of rotatable bonds is 3. The van der Waals surface area contributed by atoms with Crippen molar-refractivity contribution in [2.24, 2.45) is 0 Å². The van der Waals surface area contributed by atoms with E-state index in [4.69, 9.17) is 23.2 Å². The highest BCUT2D eigenvalue weighted by atomic mass is 35.5. The first kappa shape index (κ1) is 16.1. The maximum Gasteiger partial charge on any atom is 0.265 e. The number of nitrogens with zero attached hydrogens (tertiary/aromatic N) is 1. The van der Waals surface area contributed by atoms with Crippen LogP contribution in [0.25, 0.3) is 0 Å². The first-order valence-electron chi connectivity index (χ1n) is 6.93. The van der Waals surface area contributed by atoms with E-state index in [1.165, 1.54) is 28.7 Å². The van der Waals surface area contributed by atoms with Crippen molar-refractivity contribution < 1.29 is 8.42 Å². The highest BCUT2D eigenvalue weighted by molar-refractivity contribution is 7.93. The molecular weight excluding hydrogens is 363 g/mol. The van der Waals surface area contributed by atoms with Crippen molar-refractivity contribution >= 4 is 49.7 Å². The van der Waals surface area contributed by atoms with Gasteiger partial charge in [-0.05, 0) is 37.8 Å². The van der Waals surface area contributed by atoms with E-state index < -0.39 is 10.0 Å². The number of benzene rings is 1. The molecule has 3 rings (SSSR count). The molecule has 0 saturated carbocycles. The Kier molecular flexibility index (Phi) is 4.64. The van der Waals surface area contributed by atoms with Gasteiger partial charge in [0.05, 0.1) is 15.7 Å². The van der Waals surface area contributed by atoms with Crippen LogP contribution in [0, 0.1) is 0 Å². The third kappa shape index (κ3) is 3.25. The van der Waals surface area contributed by atoms with Crippen LogP contribution < -0.4 is 4.72 Å². The van der Waals surface area contributed by atoms with Gasteiger partial charge in [0.25, 0.3) is 10.0 Å². The number of hydrogen-bond donors (Lipinski definition) is 1. The number of hydrogen-bond acceptors (Lipinski definition) is 4. The molecule has 0 amide bonds. The molecule has 1 aliphatic carbocycles. The zero-order valence-corrected chi connectivity index (χ0v) is 14.7. The highest BCUT2D eigenvalue weighted by Gasteiger charge is 2.22. The summed E-state index contributed by atoms with van der Waals surface area (Å²) in [5.74, 6) is 0. The number of thiazole rings is 1. The molecule has 4 nitrogen and oxygen atoms in total. The minimum Gasteiger partial charge on any atom is -0.255 e. The average molecular weight is 377 g/mol. The predicted octanol–water partition coefficient (Wildman–Crippen LogP) is 4.52. The zero-order valence-electron chi connectivity index (χ0n) is 11.6. The third-order valence-electron chi connectivity index (χ3n) is 3.52. The van der Waals surface area contributed by atoms with Gasteiger partial charge in [0.2, 0.25) is 0 Å². The Hall–Kier alpha value is -0.820. The number of aromatic nitrogens is 1. The van der Waals surface area contributed by atoms with Gasteiger partial charge < -0.3 is 0 Å². The fourth-order valence-corrected chi connectivity index (χ4v) is 5.48. The van der Waals surface area contributed by atoms with Crippen molar-refractivity contribution in [3.05, 3.63) is 38.8 Å². The molecule has 0 atom stereocenters. The molecule has 0 saturated heterocycles. The number of nitrogens with one attached hydrogen (secondary N) is 1. The van der Waals surface area contributed by atoms with Crippen LogP contribution in [0.2, 0.25) is 10.0 Å². The van der Waals surface area contributed by atoms with E-state index >= 15 is 0 Å². The van der Waals surface area contributed by atoms with E-state index in [0.717, 1.165) is 31.4 Å². The molecule has 8 heteroatoms. The molecule has 118 valence electrons. The van der Waals surface area contributed by atoms with Crippen LogP contribution >= 0.6 is 34.5 Å². The van der Waals surface area contributed by atoms with Crippen LogP contribution in [0.3, 0.4) is 0 Å². The Morgan fingerprint density at radius 2 is 1.91 bits per heavy atom. The molecule has 0 spiro atoms. The van der Waals surface area contributed by atoms with Crippen LogP contribution in [0.4, 0.5) is 5.13 Å². The number of fused-ring (bicyclic) bond motifs is 1. The summed E-state index contributed by atoms with van der Waals surface area (Å²) in [5, 5.41) is 0.622. The van der Waals surface area contributed by atoms with Crippen molar-refractivity contribution in [3.8, 4) is 0 Å². The lowest BCUT2D eigenvalue weighted by Crippen LogP contribution is -2.13. The lowest BCUT2D eigenvalue weighted by atomic mass is 10.2. The smallest absolute Gasteiger partial charge is 0.255 e. The van der Waals surface area contributed by atoms with Crippen molar-refractivity contribution in [1.82, 2.24) is 4.98 Å². The minimum atomic E-state index is -3.79. The van der Waals surface area contributed by atoms with E-state index in [2.05, 4.69) is 9.71 Å². The summed E-state index contributed by atoms with van der Waals surface area (Å²) in [5.41, 5.74) is 1.01. The molecule has 1 heterocycles. The Labute approximate surface area is 143 Å². The number of anilines is 1. The van der Waals surface area contributed by atoms with Gasteiger partial charge in [0, 0.05) is 4.88 Å². The molecule has 0 unspecified atom stereocenters. The number of sulfonamides is 1. The third-order valence-corrected chi connectivity index (χ3v) is 7.04. The average Bonchev–Trinajstić information content (AvgIpc) is 2.69. The van der Waals surface area contributed by atoms with Crippen molar-refractivity contribution in [2.45, 2.75) is 37.0 Å². The summed E-state index contributed by atoms with van der Waals surface area (Å²) in [6, 6.07) is 4.53. The van der Waals surface area contributed by atoms with Gasteiger partial charge in [-0.15, -0.1) is 11.3 Å². The van der Waals surface area contributed by atoms with Gasteiger partial charge >= 0.3 is 0 Å². The predicted molar refractivity (Wildman–Crippen MR) is 90.6 cm³/mol. The first-order chi connectivity index (χ1) is 10.5. The van der Waals surface area contributed by atoms with Gasteiger partial charge in [-0.25, -0.2) is 13.4 Å². The van der Waals surface area contributed by atoms with E-state index in [1.54, 1.807) is 12.1 Å². The van der Waals surface area contributed by atoms with Gasteiger partial charge in [-0.1, -0.05) is 35.7 Å². The van der Waals surface area contributed by atoms with Crippen molar-refractivity contribution in [1.29, 1.82) is 0 Å². The van der Waals surface area contributed by atoms with E-state index in [1.807, 2.05) is 0 Å². The van der Waals surface area contributed by atoms with Crippen LogP contribution in [0.15, 0.2) is 23.1 Å². The number of aryl methyl sites for hydroxylation is 2. The second-order valence-corrected chi connectivity index (χ2v) is 8.63. The molecule has 0 fully saturated rings. The van der Waals surface area contributed by atoms with E-state index in [0.29, 0.717) is 5.13 Å². The van der Waals surface area contributed by atoms with Crippen LogP contribution in [0.5, 0.6) is 0 Å². The normalized spacial score (nSPS) is 15.2. The summed E-state index contributed by atoms with van der Waals surface area (Å²) in [4.78, 5) is 5.56. The zero-order chi connectivity index (χ0) is 15.7. The summed E-state index contributed by atoms with van der Waals surface area (Å²) >= 11 is 13.3. The monoisotopic (exact) mass is 376 g/mol. The topological polar surface area (TPSA) is 59.1 Å². The summed E-state index contributed by atoms with van der Waals surface area (Å²) < 4.78 is 27.5. The standard InChI is InChI=1S/C14H14Cl2N2O2S2/c15-9-5-4-8-12(13(9)16)22(19,20)18-14-17-10-6-2-1-3-7-11(10)21-14/h4-5,8H,1-3,6-7H2,(H,17,18). The molecule has 1 aliphatic rings. The van der Waals surface area contributed by atoms with E-state index in [-0.39, 0.29) is 14.9 Å². The Bertz CT molecular complexity index is 780. The molecule has 2 aromatic rings. The van der Waals surface area contributed by atoms with Gasteiger partial charge in [0.1, 0.15) is 4.90 Å². The van der Waals surface area contributed by atoms with Crippen molar-refractivity contribution in [2.75, 3.05) is 4.72 Å². The molecule has 1 N–H and O–H groups in total. The molecule has 1 aromatic heterocycles. The quantitative estimate of drug-likeness (QED) is 0.800. The van der Waals surface area contributed by atoms with Crippen molar-refractivity contribution in [3.63, 3.8) is 0 Å². The Balaban J connectivity index is 1.90. The Morgan fingerprint density at radius 3 is 2.73 bits per heavy atom. The second kappa shape index (κ2) is 6.35. The molecule has 0 radical (unpaired) electrons. The largest absolute Gasteiger partial charge is 0.265 e. The SMILES string of the molecule is O=S(=O)(Nc1nc2c(s1)CCCCC2)c1cccc(Cl)c1Cl. The van der Waals surface area contributed by atoms with E-state index in [9.17, 15) is 8.42 Å². The molecule has 22 heavy (non-hydrogen) atoms. The molecule has 1 aromatic carbocycles. The maximum atomic E-state index is 12.5. The highest BCUT2D eigenvalue weighted by Crippen LogP contribution is 2.33. The van der Waals surface area contributed by atoms with Crippen LogP contribution in [-0.4, -0.2) is 13.4 Å². The molecule has 0 bridgehead atoms. The summed E-state index contributed by atoms with van der Waals surface area (Å²) in [7, 11) is -3.79. The van der Waals surface area contributed by atoms with Gasteiger partial charge in [-0.3, -0.25) is 4.72 Å². The first-order valence-corrected chi connectivity index (χ1v) is 9.98. The van der Waals surface area contributed by atoms with Gasteiger partial charge in [0.15, 0.2) is 5.13 Å². The Morgan fingerprint density at radius 1 is 1.14 bits per heavy atom. The summed E-state index contributed by atoms with van der Waals surface area (Å²) in [6.07, 6.45) is 5.30. The maximum absolute atomic E-state index is 12.5. The van der Waals surface area contributed by atoms with Crippen LogP contribution in [-0.2, 0) is 22.9 Å². The lowest BCUT2D eigenvalue weighted by molar-refractivity contribution is 0.601. The summed E-state index contributed by atoms with van der Waals surface area (Å²) in [6.45, 7) is 0. The fourth-order valence-electron chi connectivity index (χ4n) is 2.43. The number of halogens is 2. The fraction of sp³-hybridized carbons (Fsp3) is 0.357.